The Morgan fingerprint density at radius 2 is 1.84 bits per heavy atom. The topological polar surface area (TPSA) is 162 Å². The number of ether oxygens (including phenoxy) is 2. The van der Waals surface area contributed by atoms with Crippen molar-refractivity contribution >= 4 is 46.2 Å². The smallest absolute Gasteiger partial charge is 0.274 e. The van der Waals surface area contributed by atoms with Crippen molar-refractivity contribution in [1.82, 2.24) is 15.0 Å². The summed E-state index contributed by atoms with van der Waals surface area (Å²) in [5.74, 6) is 0.0419. The Kier molecular flexibility index (Phi) is 7.83. The standard InChI is InChI=1S/C25H21Cl2N7O3/c1-36-25-20(34-24(35)19-4-2-3-7-32-19)8-13(10-33-25)22(29)15-9-14(5-6-18(15)28)37-23(30)21-16(26)11-31-12-17(21)27/h2-12,23,29H,28,30H2,1H3,(H,34,35)/t23-/m0/s1. The lowest BCUT2D eigenvalue weighted by atomic mass is 10.0. The number of hydrogen-bond acceptors (Lipinski definition) is 9. The van der Waals surface area contributed by atoms with Gasteiger partial charge >= 0.3 is 0 Å². The van der Waals surface area contributed by atoms with Crippen molar-refractivity contribution in [2.45, 2.75) is 6.23 Å². The molecule has 0 unspecified atom stereocenters. The van der Waals surface area contributed by atoms with Crippen LogP contribution in [0.4, 0.5) is 11.4 Å². The second-order valence-corrected chi connectivity index (χ2v) is 8.44. The Morgan fingerprint density at radius 3 is 2.51 bits per heavy atom. The molecule has 1 amide bonds. The Morgan fingerprint density at radius 1 is 1.08 bits per heavy atom. The van der Waals surface area contributed by atoms with Gasteiger partial charge in [0.2, 0.25) is 5.88 Å². The van der Waals surface area contributed by atoms with E-state index in [0.29, 0.717) is 28.1 Å². The molecule has 0 aliphatic heterocycles. The maximum Gasteiger partial charge on any atom is 0.274 e. The quantitative estimate of drug-likeness (QED) is 0.145. The van der Waals surface area contributed by atoms with Crippen LogP contribution in [-0.4, -0.2) is 33.7 Å². The molecule has 37 heavy (non-hydrogen) atoms. The van der Waals surface area contributed by atoms with E-state index in [1.54, 1.807) is 42.5 Å². The summed E-state index contributed by atoms with van der Waals surface area (Å²) in [4.78, 5) is 24.8. The van der Waals surface area contributed by atoms with Crippen LogP contribution in [-0.2, 0) is 0 Å². The molecular formula is C25H21Cl2N7O3. The zero-order chi connectivity index (χ0) is 26.5. The zero-order valence-electron chi connectivity index (χ0n) is 19.4. The summed E-state index contributed by atoms with van der Waals surface area (Å²) in [6.45, 7) is 0. The van der Waals surface area contributed by atoms with E-state index in [0.717, 1.165) is 0 Å². The summed E-state index contributed by atoms with van der Waals surface area (Å²) in [6, 6.07) is 11.3. The maximum atomic E-state index is 12.6. The van der Waals surface area contributed by atoms with Gasteiger partial charge in [-0.1, -0.05) is 29.3 Å². The highest BCUT2D eigenvalue weighted by Gasteiger charge is 2.19. The number of nitrogens with one attached hydrogen (secondary N) is 2. The molecule has 12 heteroatoms. The minimum absolute atomic E-state index is 0.0278. The Balaban J connectivity index is 1.61. The number of nitrogens with two attached hydrogens (primary N) is 2. The van der Waals surface area contributed by atoms with Gasteiger partial charge in [0.15, 0.2) is 6.23 Å². The fraction of sp³-hybridized carbons (Fsp3) is 0.0800. The highest BCUT2D eigenvalue weighted by Crippen LogP contribution is 2.32. The van der Waals surface area contributed by atoms with Gasteiger partial charge < -0.3 is 20.5 Å². The normalized spacial score (nSPS) is 11.5. The zero-order valence-corrected chi connectivity index (χ0v) is 20.9. The number of pyridine rings is 3. The number of nitrogen functional groups attached to an aromatic ring is 1. The van der Waals surface area contributed by atoms with Gasteiger partial charge in [-0.25, -0.2) is 4.98 Å². The number of carbonyl (C=O) groups excluding carboxylic acids is 1. The molecule has 3 aromatic heterocycles. The van der Waals surface area contributed by atoms with E-state index in [-0.39, 0.29) is 33.0 Å². The Hall–Kier alpha value is -4.25. The van der Waals surface area contributed by atoms with Crippen LogP contribution in [0.2, 0.25) is 10.0 Å². The van der Waals surface area contributed by atoms with Crippen molar-refractivity contribution in [3.8, 4) is 11.6 Å². The van der Waals surface area contributed by atoms with E-state index >= 15 is 0 Å². The highest BCUT2D eigenvalue weighted by molar-refractivity contribution is 6.35. The number of carbonyl (C=O) groups is 1. The molecule has 0 bridgehead atoms. The van der Waals surface area contributed by atoms with Crippen LogP contribution in [0.25, 0.3) is 0 Å². The van der Waals surface area contributed by atoms with Gasteiger partial charge in [0.05, 0.1) is 22.9 Å². The fourth-order valence-electron chi connectivity index (χ4n) is 3.40. The molecule has 1 atom stereocenters. The van der Waals surface area contributed by atoms with Gasteiger partial charge in [-0.2, -0.15) is 0 Å². The van der Waals surface area contributed by atoms with Crippen LogP contribution in [0.3, 0.4) is 0 Å². The predicted octanol–water partition coefficient (Wildman–Crippen LogP) is 4.47. The van der Waals surface area contributed by atoms with Crippen LogP contribution >= 0.6 is 23.2 Å². The summed E-state index contributed by atoms with van der Waals surface area (Å²) < 4.78 is 11.1. The average Bonchev–Trinajstić information content (AvgIpc) is 2.89. The minimum atomic E-state index is -0.996. The number of nitrogens with zero attached hydrogens (tertiary/aromatic N) is 3. The van der Waals surface area contributed by atoms with Crippen molar-refractivity contribution in [2.75, 3.05) is 18.2 Å². The first-order valence-electron chi connectivity index (χ1n) is 10.7. The first-order valence-corrected chi connectivity index (χ1v) is 11.5. The average molecular weight is 538 g/mol. The van der Waals surface area contributed by atoms with Gasteiger partial charge in [0, 0.05) is 47.2 Å². The number of rotatable bonds is 8. The van der Waals surface area contributed by atoms with Crippen molar-refractivity contribution in [1.29, 1.82) is 5.41 Å². The third kappa shape index (κ3) is 5.78. The van der Waals surface area contributed by atoms with Gasteiger partial charge in [-0.15, -0.1) is 0 Å². The van der Waals surface area contributed by atoms with E-state index in [9.17, 15) is 4.79 Å². The van der Waals surface area contributed by atoms with Crippen LogP contribution in [0.15, 0.2) is 67.3 Å². The number of amides is 1. The van der Waals surface area contributed by atoms with Crippen LogP contribution in [0, 0.1) is 5.41 Å². The number of hydrogen-bond donors (Lipinski definition) is 4. The first-order chi connectivity index (χ1) is 17.8. The van der Waals surface area contributed by atoms with E-state index in [1.807, 2.05) is 0 Å². The SMILES string of the molecule is COc1ncc(C(=N)c2cc(O[C@H](N)c3c(Cl)cncc3Cl)ccc2N)cc1NC(=O)c1ccccn1. The molecule has 0 aliphatic carbocycles. The Labute approximate surface area is 222 Å². The lowest BCUT2D eigenvalue weighted by Crippen LogP contribution is -2.19. The molecule has 0 radical (unpaired) electrons. The lowest BCUT2D eigenvalue weighted by molar-refractivity contribution is 0.102. The van der Waals surface area contributed by atoms with Crippen LogP contribution in [0.1, 0.15) is 33.4 Å². The molecule has 0 aliphatic rings. The molecule has 10 nitrogen and oxygen atoms in total. The van der Waals surface area contributed by atoms with E-state index in [4.69, 9.17) is 49.6 Å². The Bertz CT molecular complexity index is 1450. The second kappa shape index (κ2) is 11.2. The number of methoxy groups -OCH3 is 1. The van der Waals surface area contributed by atoms with Gasteiger partial charge in [0.1, 0.15) is 17.1 Å². The molecule has 6 N–H and O–H groups in total. The second-order valence-electron chi connectivity index (χ2n) is 7.63. The molecule has 0 fully saturated rings. The summed E-state index contributed by atoms with van der Waals surface area (Å²) >= 11 is 12.4. The van der Waals surface area contributed by atoms with Crippen LogP contribution in [0.5, 0.6) is 11.6 Å². The van der Waals surface area contributed by atoms with E-state index in [1.165, 1.54) is 31.9 Å². The minimum Gasteiger partial charge on any atom is -0.480 e. The van der Waals surface area contributed by atoms with Gasteiger partial charge in [-0.05, 0) is 36.4 Å². The monoisotopic (exact) mass is 537 g/mol. The van der Waals surface area contributed by atoms with Crippen molar-refractivity contribution in [3.05, 3.63) is 99.7 Å². The molecule has 0 saturated carbocycles. The molecule has 0 spiro atoms. The molecule has 4 aromatic rings. The molecule has 4 rings (SSSR count). The molecule has 188 valence electrons. The molecule has 1 aromatic carbocycles. The van der Waals surface area contributed by atoms with Crippen molar-refractivity contribution < 1.29 is 14.3 Å². The van der Waals surface area contributed by atoms with E-state index < -0.39 is 12.1 Å². The van der Waals surface area contributed by atoms with Crippen molar-refractivity contribution in [3.63, 3.8) is 0 Å². The predicted molar refractivity (Wildman–Crippen MR) is 142 cm³/mol. The summed E-state index contributed by atoms with van der Waals surface area (Å²) in [6.07, 6.45) is 4.78. The summed E-state index contributed by atoms with van der Waals surface area (Å²) in [5.41, 5.74) is 14.3. The van der Waals surface area contributed by atoms with Crippen LogP contribution < -0.4 is 26.3 Å². The molecule has 0 saturated heterocycles. The largest absolute Gasteiger partial charge is 0.480 e. The summed E-state index contributed by atoms with van der Waals surface area (Å²) in [5, 5.41) is 12.0. The number of halogens is 2. The number of anilines is 2. The lowest BCUT2D eigenvalue weighted by Gasteiger charge is -2.18. The summed E-state index contributed by atoms with van der Waals surface area (Å²) in [7, 11) is 1.42. The third-order valence-electron chi connectivity index (χ3n) is 5.21. The first kappa shape index (κ1) is 25.8. The van der Waals surface area contributed by atoms with E-state index in [2.05, 4.69) is 20.3 Å². The van der Waals surface area contributed by atoms with Gasteiger partial charge in [-0.3, -0.25) is 25.9 Å². The third-order valence-corrected chi connectivity index (χ3v) is 5.81. The van der Waals surface area contributed by atoms with Gasteiger partial charge in [0.25, 0.3) is 5.91 Å². The molecular weight excluding hydrogens is 517 g/mol. The highest BCUT2D eigenvalue weighted by atomic mass is 35.5. The maximum absolute atomic E-state index is 12.6. The van der Waals surface area contributed by atoms with Crippen molar-refractivity contribution in [2.24, 2.45) is 5.73 Å². The fourth-order valence-corrected chi connectivity index (χ4v) is 3.98. The molecule has 3 heterocycles. The number of aromatic nitrogens is 3. The number of benzene rings is 1.